The molecule has 0 saturated heterocycles. The van der Waals surface area contributed by atoms with E-state index in [4.69, 9.17) is 22.1 Å². The maximum atomic E-state index is 6.14. The maximum absolute atomic E-state index is 6.14. The van der Waals surface area contributed by atoms with Crippen LogP contribution in [0.4, 0.5) is 0 Å². The average Bonchev–Trinajstić information content (AvgIpc) is 3.05. The van der Waals surface area contributed by atoms with E-state index < -0.39 is 0 Å². The van der Waals surface area contributed by atoms with Crippen molar-refractivity contribution in [3.05, 3.63) is 53.6 Å². The first kappa shape index (κ1) is 17.4. The van der Waals surface area contributed by atoms with Gasteiger partial charge in [-0.3, -0.25) is 4.68 Å². The molecule has 2 heterocycles. The van der Waals surface area contributed by atoms with Crippen LogP contribution >= 0.6 is 11.6 Å². The molecule has 0 atom stereocenters. The predicted molar refractivity (Wildman–Crippen MR) is 97.9 cm³/mol. The summed E-state index contributed by atoms with van der Waals surface area (Å²) >= 11 is 6.14. The van der Waals surface area contributed by atoms with E-state index in [-0.39, 0.29) is 6.04 Å². The number of halogens is 1. The minimum absolute atomic E-state index is 0.259. The molecule has 3 rings (SSSR count). The van der Waals surface area contributed by atoms with Crippen molar-refractivity contribution >= 4 is 11.6 Å². The zero-order valence-electron chi connectivity index (χ0n) is 14.2. The SMILES string of the molecule is CC(C)n1cc(Oc2cc(Cl)ccc2-c2ncc(CCN)cn2)cn1. The van der Waals surface area contributed by atoms with Gasteiger partial charge in [0.1, 0.15) is 5.75 Å². The number of nitrogens with zero attached hydrogens (tertiary/aromatic N) is 4. The van der Waals surface area contributed by atoms with Gasteiger partial charge in [0.15, 0.2) is 11.6 Å². The number of benzene rings is 1. The second-order valence-corrected chi connectivity index (χ2v) is 6.38. The molecule has 0 fully saturated rings. The molecule has 0 radical (unpaired) electrons. The summed E-state index contributed by atoms with van der Waals surface area (Å²) in [5.41, 5.74) is 7.33. The van der Waals surface area contributed by atoms with E-state index in [2.05, 4.69) is 28.9 Å². The van der Waals surface area contributed by atoms with E-state index in [0.29, 0.717) is 28.9 Å². The van der Waals surface area contributed by atoms with Crippen molar-refractivity contribution in [1.29, 1.82) is 0 Å². The fourth-order valence-electron chi connectivity index (χ4n) is 2.34. The van der Waals surface area contributed by atoms with Gasteiger partial charge in [0, 0.05) is 29.5 Å². The van der Waals surface area contributed by atoms with Crippen molar-refractivity contribution in [2.24, 2.45) is 5.73 Å². The molecule has 2 N–H and O–H groups in total. The molecule has 0 saturated carbocycles. The van der Waals surface area contributed by atoms with E-state index >= 15 is 0 Å². The lowest BCUT2D eigenvalue weighted by molar-refractivity contribution is 0.478. The van der Waals surface area contributed by atoms with Gasteiger partial charge in [0.05, 0.1) is 18.0 Å². The van der Waals surface area contributed by atoms with Gasteiger partial charge < -0.3 is 10.5 Å². The molecule has 6 nitrogen and oxygen atoms in total. The minimum Gasteiger partial charge on any atom is -0.453 e. The van der Waals surface area contributed by atoms with Crippen molar-refractivity contribution in [3.63, 3.8) is 0 Å². The normalized spacial score (nSPS) is 11.1. The predicted octanol–water partition coefficient (Wildman–Crippen LogP) is 3.87. The third-order valence-electron chi connectivity index (χ3n) is 3.66. The smallest absolute Gasteiger partial charge is 0.165 e. The number of rotatable bonds is 6. The second-order valence-electron chi connectivity index (χ2n) is 5.95. The van der Waals surface area contributed by atoms with E-state index in [0.717, 1.165) is 17.5 Å². The Kier molecular flexibility index (Phi) is 5.31. The first-order valence-electron chi connectivity index (χ1n) is 8.09. The lowest BCUT2D eigenvalue weighted by Crippen LogP contribution is -2.04. The molecule has 130 valence electrons. The first-order valence-corrected chi connectivity index (χ1v) is 8.47. The van der Waals surface area contributed by atoms with Crippen molar-refractivity contribution in [3.8, 4) is 22.9 Å². The van der Waals surface area contributed by atoms with Gasteiger partial charge >= 0.3 is 0 Å². The van der Waals surface area contributed by atoms with Gasteiger partial charge in [-0.05, 0) is 44.5 Å². The number of hydrogen-bond acceptors (Lipinski definition) is 5. The van der Waals surface area contributed by atoms with Crippen LogP contribution in [0, 0.1) is 0 Å². The summed E-state index contributed by atoms with van der Waals surface area (Å²) < 4.78 is 7.82. The Morgan fingerprint density at radius 3 is 2.60 bits per heavy atom. The Labute approximate surface area is 151 Å². The van der Waals surface area contributed by atoms with Crippen LogP contribution < -0.4 is 10.5 Å². The maximum Gasteiger partial charge on any atom is 0.165 e. The topological polar surface area (TPSA) is 78.9 Å². The zero-order chi connectivity index (χ0) is 17.8. The lowest BCUT2D eigenvalue weighted by atomic mass is 10.1. The van der Waals surface area contributed by atoms with E-state index in [9.17, 15) is 0 Å². The van der Waals surface area contributed by atoms with Crippen molar-refractivity contribution in [2.75, 3.05) is 6.54 Å². The zero-order valence-corrected chi connectivity index (χ0v) is 14.9. The molecule has 0 aliphatic heterocycles. The molecule has 2 aromatic heterocycles. The van der Waals surface area contributed by atoms with Crippen molar-refractivity contribution in [1.82, 2.24) is 19.7 Å². The highest BCUT2D eigenvalue weighted by molar-refractivity contribution is 6.30. The highest BCUT2D eigenvalue weighted by Crippen LogP contribution is 2.34. The molecule has 7 heteroatoms. The molecule has 0 aliphatic rings. The quantitative estimate of drug-likeness (QED) is 0.724. The van der Waals surface area contributed by atoms with Gasteiger partial charge in [0.25, 0.3) is 0 Å². The van der Waals surface area contributed by atoms with Gasteiger partial charge in [-0.25, -0.2) is 9.97 Å². The Morgan fingerprint density at radius 2 is 1.96 bits per heavy atom. The van der Waals surface area contributed by atoms with Gasteiger partial charge in [0.2, 0.25) is 0 Å². The van der Waals surface area contributed by atoms with Crippen molar-refractivity contribution in [2.45, 2.75) is 26.3 Å². The fraction of sp³-hybridized carbons (Fsp3) is 0.278. The molecule has 0 unspecified atom stereocenters. The first-order chi connectivity index (χ1) is 12.1. The molecule has 25 heavy (non-hydrogen) atoms. The second kappa shape index (κ2) is 7.63. The Morgan fingerprint density at radius 1 is 1.20 bits per heavy atom. The highest BCUT2D eigenvalue weighted by atomic mass is 35.5. The summed E-state index contributed by atoms with van der Waals surface area (Å²) in [6.07, 6.45) is 7.84. The van der Waals surface area contributed by atoms with Gasteiger partial charge in [-0.1, -0.05) is 11.6 Å². The van der Waals surface area contributed by atoms with E-state index in [1.54, 1.807) is 30.7 Å². The molecular formula is C18H20ClN5O. The van der Waals surface area contributed by atoms with Gasteiger partial charge in [-0.2, -0.15) is 5.10 Å². The monoisotopic (exact) mass is 357 g/mol. The van der Waals surface area contributed by atoms with Crippen LogP contribution in [0.5, 0.6) is 11.5 Å². The minimum atomic E-state index is 0.259. The fourth-order valence-corrected chi connectivity index (χ4v) is 2.50. The van der Waals surface area contributed by atoms with Crippen molar-refractivity contribution < 1.29 is 4.74 Å². The standard InChI is InChI=1S/C18H20ClN5O/c1-12(2)24-11-15(10-23-24)25-17-7-14(19)3-4-16(17)18-21-8-13(5-6-20)9-22-18/h3-4,7-12H,5-6,20H2,1-2H3. The van der Waals surface area contributed by atoms with Crippen LogP contribution in [0.1, 0.15) is 25.5 Å². The third-order valence-corrected chi connectivity index (χ3v) is 3.89. The van der Waals surface area contributed by atoms with Crippen LogP contribution in [0.2, 0.25) is 5.02 Å². The molecule has 0 aliphatic carbocycles. The van der Waals surface area contributed by atoms with Crippen LogP contribution in [-0.4, -0.2) is 26.3 Å². The summed E-state index contributed by atoms with van der Waals surface area (Å²) in [5.74, 6) is 1.79. The summed E-state index contributed by atoms with van der Waals surface area (Å²) in [6.45, 7) is 4.68. The third kappa shape index (κ3) is 4.15. The molecule has 0 spiro atoms. The van der Waals surface area contributed by atoms with Gasteiger partial charge in [-0.15, -0.1) is 0 Å². The van der Waals surface area contributed by atoms with E-state index in [1.807, 2.05) is 16.9 Å². The molecule has 0 bridgehead atoms. The van der Waals surface area contributed by atoms with E-state index in [1.165, 1.54) is 0 Å². The highest BCUT2D eigenvalue weighted by Gasteiger charge is 2.13. The van der Waals surface area contributed by atoms with Crippen LogP contribution in [-0.2, 0) is 6.42 Å². The number of nitrogens with two attached hydrogens (primary N) is 1. The number of hydrogen-bond donors (Lipinski definition) is 1. The Balaban J connectivity index is 1.91. The lowest BCUT2D eigenvalue weighted by Gasteiger charge is -2.10. The number of ether oxygens (including phenoxy) is 1. The number of aromatic nitrogens is 4. The van der Waals surface area contributed by atoms with Crippen LogP contribution in [0.3, 0.4) is 0 Å². The summed E-state index contributed by atoms with van der Waals surface area (Å²) in [7, 11) is 0. The largest absolute Gasteiger partial charge is 0.453 e. The summed E-state index contributed by atoms with van der Waals surface area (Å²) in [4.78, 5) is 8.84. The Hall–Kier alpha value is -2.44. The molecular weight excluding hydrogens is 338 g/mol. The Bertz CT molecular complexity index is 845. The summed E-state index contributed by atoms with van der Waals surface area (Å²) in [6, 6.07) is 5.65. The summed E-state index contributed by atoms with van der Waals surface area (Å²) in [5, 5.41) is 4.86. The molecule has 3 aromatic rings. The molecule has 0 amide bonds. The van der Waals surface area contributed by atoms with Crippen LogP contribution in [0.15, 0.2) is 43.0 Å². The molecule has 1 aromatic carbocycles. The average molecular weight is 358 g/mol. The van der Waals surface area contributed by atoms with Crippen LogP contribution in [0.25, 0.3) is 11.4 Å².